The third-order valence-corrected chi connectivity index (χ3v) is 4.44. The van der Waals surface area contributed by atoms with E-state index in [0.29, 0.717) is 0 Å². The topological polar surface area (TPSA) is 104 Å². The predicted octanol–water partition coefficient (Wildman–Crippen LogP) is -1.14. The second-order valence-electron chi connectivity index (χ2n) is 3.64. The molecule has 0 spiro atoms. The van der Waals surface area contributed by atoms with Crippen molar-refractivity contribution in [1.82, 2.24) is 14.3 Å². The summed E-state index contributed by atoms with van der Waals surface area (Å²) in [6, 6.07) is 0. The van der Waals surface area contributed by atoms with Crippen LogP contribution in [0.25, 0.3) is 0 Å². The molecule has 1 aromatic heterocycles. The lowest BCUT2D eigenvalue weighted by atomic mass is 10.3. The van der Waals surface area contributed by atoms with Gasteiger partial charge in [-0.3, -0.25) is 0 Å². The minimum absolute atomic E-state index is 0.0505. The van der Waals surface area contributed by atoms with Gasteiger partial charge < -0.3 is 10.2 Å². The van der Waals surface area contributed by atoms with Crippen molar-refractivity contribution in [2.75, 3.05) is 13.1 Å². The first-order valence-corrected chi connectivity index (χ1v) is 6.57. The van der Waals surface area contributed by atoms with Gasteiger partial charge in [0.05, 0.1) is 24.6 Å². The first kappa shape index (κ1) is 12.7. The Kier molecular flexibility index (Phi) is 3.32. The lowest BCUT2D eigenvalue weighted by Crippen LogP contribution is -2.30. The Morgan fingerprint density at radius 2 is 1.71 bits per heavy atom. The highest BCUT2D eigenvalue weighted by molar-refractivity contribution is 7.89. The highest BCUT2D eigenvalue weighted by atomic mass is 35.5. The molecule has 1 aromatic rings. The van der Waals surface area contributed by atoms with E-state index in [2.05, 4.69) is 9.97 Å². The standard InChI is InChI=1S/C8H10ClN3O4S/c9-8-10-1-5(2-11-8)17(15,16)12-3-6(13)7(14)4-12/h1-2,6-7,13-14H,3-4H2. The molecule has 0 aliphatic carbocycles. The Hall–Kier alpha value is -0.800. The summed E-state index contributed by atoms with van der Waals surface area (Å²) in [6.07, 6.45) is 0.0275. The number of aromatic nitrogens is 2. The van der Waals surface area contributed by atoms with Crippen LogP contribution in [0.15, 0.2) is 17.3 Å². The van der Waals surface area contributed by atoms with Crippen molar-refractivity contribution >= 4 is 21.6 Å². The van der Waals surface area contributed by atoms with Crippen LogP contribution in [-0.2, 0) is 10.0 Å². The number of nitrogens with zero attached hydrogens (tertiary/aromatic N) is 3. The van der Waals surface area contributed by atoms with Gasteiger partial charge in [0.15, 0.2) is 0 Å². The zero-order valence-corrected chi connectivity index (χ0v) is 10.1. The normalized spacial score (nSPS) is 26.3. The van der Waals surface area contributed by atoms with E-state index in [-0.39, 0.29) is 23.3 Å². The van der Waals surface area contributed by atoms with Crippen molar-refractivity contribution in [3.05, 3.63) is 17.7 Å². The summed E-state index contributed by atoms with van der Waals surface area (Å²) < 4.78 is 25.0. The molecule has 94 valence electrons. The van der Waals surface area contributed by atoms with Crippen LogP contribution in [0.4, 0.5) is 0 Å². The lowest BCUT2D eigenvalue weighted by molar-refractivity contribution is 0.0572. The molecule has 1 aliphatic rings. The first-order valence-electron chi connectivity index (χ1n) is 4.75. The molecule has 0 aromatic carbocycles. The van der Waals surface area contributed by atoms with Gasteiger partial charge in [-0.05, 0) is 11.6 Å². The highest BCUT2D eigenvalue weighted by Crippen LogP contribution is 2.20. The fraction of sp³-hybridized carbons (Fsp3) is 0.500. The molecule has 2 atom stereocenters. The van der Waals surface area contributed by atoms with Crippen LogP contribution in [0.3, 0.4) is 0 Å². The van der Waals surface area contributed by atoms with Crippen molar-refractivity contribution in [1.29, 1.82) is 0 Å². The van der Waals surface area contributed by atoms with Gasteiger partial charge in [0.2, 0.25) is 15.3 Å². The Morgan fingerprint density at radius 3 is 2.18 bits per heavy atom. The Labute approximate surface area is 103 Å². The highest BCUT2D eigenvalue weighted by Gasteiger charge is 2.37. The van der Waals surface area contributed by atoms with E-state index >= 15 is 0 Å². The van der Waals surface area contributed by atoms with Crippen LogP contribution in [-0.4, -0.2) is 58.2 Å². The van der Waals surface area contributed by atoms with Crippen LogP contribution >= 0.6 is 11.6 Å². The van der Waals surface area contributed by atoms with Gasteiger partial charge in [-0.15, -0.1) is 0 Å². The summed E-state index contributed by atoms with van der Waals surface area (Å²) in [6.45, 7) is -0.293. The van der Waals surface area contributed by atoms with E-state index in [1.165, 1.54) is 0 Å². The maximum Gasteiger partial charge on any atom is 0.246 e. The van der Waals surface area contributed by atoms with Crippen molar-refractivity contribution in [2.45, 2.75) is 17.1 Å². The molecular weight excluding hydrogens is 270 g/mol. The largest absolute Gasteiger partial charge is 0.389 e. The molecule has 7 nitrogen and oxygen atoms in total. The van der Waals surface area contributed by atoms with Gasteiger partial charge in [-0.25, -0.2) is 18.4 Å². The van der Waals surface area contributed by atoms with E-state index in [1.54, 1.807) is 0 Å². The summed E-state index contributed by atoms with van der Waals surface area (Å²) in [5.74, 6) is 0. The van der Waals surface area contributed by atoms with Crippen molar-refractivity contribution < 1.29 is 18.6 Å². The third-order valence-electron chi connectivity index (χ3n) is 2.46. The summed E-state index contributed by atoms with van der Waals surface area (Å²) >= 11 is 5.46. The molecule has 1 fully saturated rings. The Morgan fingerprint density at radius 1 is 1.24 bits per heavy atom. The molecule has 1 saturated heterocycles. The maximum atomic E-state index is 12.0. The molecular formula is C8H10ClN3O4S. The summed E-state index contributed by atoms with van der Waals surface area (Å²) in [4.78, 5) is 7.03. The average molecular weight is 280 g/mol. The Balaban J connectivity index is 2.28. The number of halogens is 1. The molecule has 17 heavy (non-hydrogen) atoms. The smallest absolute Gasteiger partial charge is 0.246 e. The van der Waals surface area contributed by atoms with E-state index in [1.807, 2.05) is 0 Å². The van der Waals surface area contributed by atoms with E-state index < -0.39 is 22.2 Å². The molecule has 1 aliphatic heterocycles. The van der Waals surface area contributed by atoms with Crippen LogP contribution in [0.1, 0.15) is 0 Å². The van der Waals surface area contributed by atoms with Crippen LogP contribution in [0.5, 0.6) is 0 Å². The molecule has 0 bridgehead atoms. The second kappa shape index (κ2) is 4.46. The molecule has 0 saturated carbocycles. The SMILES string of the molecule is O=S(=O)(c1cnc(Cl)nc1)N1CC(O)C(O)C1. The van der Waals surface area contributed by atoms with Gasteiger partial charge in [0, 0.05) is 13.1 Å². The van der Waals surface area contributed by atoms with Gasteiger partial charge in [-0.1, -0.05) is 0 Å². The average Bonchev–Trinajstić information content (AvgIpc) is 2.60. The first-order chi connectivity index (χ1) is 7.91. The number of rotatable bonds is 2. The number of hydrogen-bond donors (Lipinski definition) is 2. The van der Waals surface area contributed by atoms with E-state index in [4.69, 9.17) is 11.6 Å². The van der Waals surface area contributed by atoms with Gasteiger partial charge >= 0.3 is 0 Å². The maximum absolute atomic E-state index is 12.0. The van der Waals surface area contributed by atoms with E-state index in [0.717, 1.165) is 16.7 Å². The second-order valence-corrected chi connectivity index (χ2v) is 5.92. The predicted molar refractivity (Wildman–Crippen MR) is 57.8 cm³/mol. The molecule has 2 rings (SSSR count). The fourth-order valence-electron chi connectivity index (χ4n) is 1.51. The number of β-amino-alcohol motifs (C(OH)–C–C–N with tert-alkyl or cyclic N) is 2. The summed E-state index contributed by atoms with van der Waals surface area (Å²) in [7, 11) is -3.79. The third kappa shape index (κ3) is 2.40. The molecule has 2 unspecified atom stereocenters. The Bertz CT molecular complexity index is 496. The van der Waals surface area contributed by atoms with Crippen molar-refractivity contribution in [2.24, 2.45) is 0 Å². The number of sulfonamides is 1. The minimum Gasteiger partial charge on any atom is -0.389 e. The number of hydrogen-bond acceptors (Lipinski definition) is 6. The quantitative estimate of drug-likeness (QED) is 0.663. The molecule has 0 amide bonds. The van der Waals surface area contributed by atoms with Gasteiger partial charge in [0.25, 0.3) is 0 Å². The monoisotopic (exact) mass is 279 g/mol. The van der Waals surface area contributed by atoms with Crippen molar-refractivity contribution in [3.8, 4) is 0 Å². The minimum atomic E-state index is -3.79. The fourth-order valence-corrected chi connectivity index (χ4v) is 2.98. The molecule has 2 heterocycles. The molecule has 2 N–H and O–H groups in total. The zero-order chi connectivity index (χ0) is 12.6. The zero-order valence-electron chi connectivity index (χ0n) is 8.56. The molecule has 0 radical (unpaired) electrons. The molecule has 9 heteroatoms. The van der Waals surface area contributed by atoms with Crippen LogP contribution in [0, 0.1) is 0 Å². The van der Waals surface area contributed by atoms with Crippen LogP contribution in [0.2, 0.25) is 5.28 Å². The van der Waals surface area contributed by atoms with E-state index in [9.17, 15) is 18.6 Å². The summed E-state index contributed by atoms with van der Waals surface area (Å²) in [5, 5.41) is 18.6. The van der Waals surface area contributed by atoms with Gasteiger partial charge in [-0.2, -0.15) is 4.31 Å². The number of aliphatic hydroxyl groups is 2. The number of aliphatic hydroxyl groups excluding tert-OH is 2. The van der Waals surface area contributed by atoms with Crippen LogP contribution < -0.4 is 0 Å². The summed E-state index contributed by atoms with van der Waals surface area (Å²) in [5.41, 5.74) is 0. The van der Waals surface area contributed by atoms with Gasteiger partial charge in [0.1, 0.15) is 4.90 Å². The van der Waals surface area contributed by atoms with Crippen molar-refractivity contribution in [3.63, 3.8) is 0 Å². The lowest BCUT2D eigenvalue weighted by Gasteiger charge is -2.14.